The lowest BCUT2D eigenvalue weighted by molar-refractivity contribution is 0.102. The summed E-state index contributed by atoms with van der Waals surface area (Å²) in [6, 6.07) is 14.0. The zero-order valence-corrected chi connectivity index (χ0v) is 13.8. The number of nitrogens with one attached hydrogen (secondary N) is 2. The van der Waals surface area contributed by atoms with Gasteiger partial charge >= 0.3 is 0 Å². The topological polar surface area (TPSA) is 71.1 Å². The molecule has 0 bridgehead atoms. The maximum Gasteiger partial charge on any atom is 0.265 e. The molecule has 0 saturated carbocycles. The molecule has 6 heteroatoms. The molecule has 0 unspecified atom stereocenters. The molecular weight excluding hydrogens is 322 g/mol. The van der Waals surface area contributed by atoms with Crippen molar-refractivity contribution >= 4 is 34.5 Å². The summed E-state index contributed by atoms with van der Waals surface area (Å²) in [5, 5.41) is 5.58. The van der Waals surface area contributed by atoms with Crippen molar-refractivity contribution in [1.29, 1.82) is 0 Å². The predicted molar refractivity (Wildman–Crippen MR) is 95.6 cm³/mol. The first-order valence-corrected chi connectivity index (χ1v) is 8.13. The highest BCUT2D eigenvalue weighted by Crippen LogP contribution is 2.18. The van der Waals surface area contributed by atoms with E-state index in [1.807, 2.05) is 13.0 Å². The Morgan fingerprint density at radius 3 is 2.29 bits per heavy atom. The zero-order valence-electron chi connectivity index (χ0n) is 12.9. The zero-order chi connectivity index (χ0) is 16.9. The number of hydrogen-bond acceptors (Lipinski definition) is 4. The van der Waals surface area contributed by atoms with Crippen LogP contribution in [-0.4, -0.2) is 16.8 Å². The van der Waals surface area contributed by atoms with Gasteiger partial charge in [-0.05, 0) is 55.5 Å². The largest absolute Gasteiger partial charge is 0.321 e. The summed E-state index contributed by atoms with van der Waals surface area (Å²) in [6.45, 7) is 1.96. The third-order valence-electron chi connectivity index (χ3n) is 3.29. The van der Waals surface area contributed by atoms with Crippen LogP contribution in [0.15, 0.2) is 60.9 Å². The Kier molecular flexibility index (Phi) is 4.67. The smallest absolute Gasteiger partial charge is 0.265 e. The molecule has 0 radical (unpaired) electrons. The molecule has 2 aromatic heterocycles. The van der Waals surface area contributed by atoms with Crippen LogP contribution < -0.4 is 10.6 Å². The van der Waals surface area contributed by atoms with E-state index in [4.69, 9.17) is 0 Å². The van der Waals surface area contributed by atoms with Crippen molar-refractivity contribution in [1.82, 2.24) is 4.98 Å². The van der Waals surface area contributed by atoms with E-state index >= 15 is 0 Å². The standard InChI is InChI=1S/C18H15N3O2S/c1-12-4-9-16(24-12)18(23)20-14-7-5-13(6-8-14)17(22)21-15-3-2-10-19-11-15/h2-11H,1H3,(H,20,23)(H,21,22). The first-order chi connectivity index (χ1) is 11.6. The summed E-state index contributed by atoms with van der Waals surface area (Å²) >= 11 is 1.44. The van der Waals surface area contributed by atoms with Crippen molar-refractivity contribution in [3.8, 4) is 0 Å². The molecule has 2 amide bonds. The first kappa shape index (κ1) is 15.9. The van der Waals surface area contributed by atoms with E-state index in [2.05, 4.69) is 15.6 Å². The Bertz CT molecular complexity index is 857. The van der Waals surface area contributed by atoms with Gasteiger partial charge in [0.25, 0.3) is 11.8 Å². The average Bonchev–Trinajstić information content (AvgIpc) is 3.03. The fourth-order valence-electron chi connectivity index (χ4n) is 2.09. The highest BCUT2D eigenvalue weighted by Gasteiger charge is 2.10. The lowest BCUT2D eigenvalue weighted by Crippen LogP contribution is -2.13. The number of aromatic nitrogens is 1. The molecule has 0 aliphatic carbocycles. The summed E-state index contributed by atoms with van der Waals surface area (Å²) in [5.41, 5.74) is 1.78. The van der Waals surface area contributed by atoms with Crippen molar-refractivity contribution in [2.24, 2.45) is 0 Å². The molecule has 0 aliphatic rings. The minimum Gasteiger partial charge on any atom is -0.321 e. The molecule has 2 heterocycles. The van der Waals surface area contributed by atoms with Gasteiger partial charge in [0.1, 0.15) is 0 Å². The number of carbonyl (C=O) groups is 2. The lowest BCUT2D eigenvalue weighted by Gasteiger charge is -2.07. The summed E-state index contributed by atoms with van der Waals surface area (Å²) < 4.78 is 0. The van der Waals surface area contributed by atoms with Crippen molar-refractivity contribution in [2.75, 3.05) is 10.6 Å². The third-order valence-corrected chi connectivity index (χ3v) is 4.29. The maximum atomic E-state index is 12.1. The SMILES string of the molecule is Cc1ccc(C(=O)Nc2ccc(C(=O)Nc3cccnc3)cc2)s1. The van der Waals surface area contributed by atoms with Gasteiger partial charge in [0.15, 0.2) is 0 Å². The summed E-state index contributed by atoms with van der Waals surface area (Å²) in [6.07, 6.45) is 3.22. The Balaban J connectivity index is 1.64. The van der Waals surface area contributed by atoms with Crippen molar-refractivity contribution < 1.29 is 9.59 Å². The third kappa shape index (κ3) is 3.85. The molecule has 1 aromatic carbocycles. The van der Waals surface area contributed by atoms with Crippen LogP contribution in [0.5, 0.6) is 0 Å². The number of thiophene rings is 1. The van der Waals surface area contributed by atoms with Gasteiger partial charge in [-0.3, -0.25) is 14.6 Å². The molecule has 3 aromatic rings. The molecule has 2 N–H and O–H groups in total. The van der Waals surface area contributed by atoms with E-state index in [0.29, 0.717) is 21.8 Å². The lowest BCUT2D eigenvalue weighted by atomic mass is 10.2. The Labute approximate surface area is 143 Å². The van der Waals surface area contributed by atoms with Crippen LogP contribution in [0.1, 0.15) is 24.9 Å². The number of carbonyl (C=O) groups excluding carboxylic acids is 2. The van der Waals surface area contributed by atoms with Gasteiger partial charge in [0.2, 0.25) is 0 Å². The average molecular weight is 337 g/mol. The number of anilines is 2. The van der Waals surface area contributed by atoms with Crippen LogP contribution in [0.2, 0.25) is 0 Å². The van der Waals surface area contributed by atoms with E-state index in [1.165, 1.54) is 11.3 Å². The van der Waals surface area contributed by atoms with Crippen LogP contribution >= 0.6 is 11.3 Å². The van der Waals surface area contributed by atoms with Gasteiger partial charge in [-0.1, -0.05) is 0 Å². The normalized spacial score (nSPS) is 10.2. The van der Waals surface area contributed by atoms with E-state index < -0.39 is 0 Å². The quantitative estimate of drug-likeness (QED) is 0.757. The van der Waals surface area contributed by atoms with Crippen LogP contribution in [0.4, 0.5) is 11.4 Å². The second-order valence-electron chi connectivity index (χ2n) is 5.14. The minimum atomic E-state index is -0.227. The van der Waals surface area contributed by atoms with Crippen LogP contribution in [0.25, 0.3) is 0 Å². The molecule has 120 valence electrons. The monoisotopic (exact) mass is 337 g/mol. The van der Waals surface area contributed by atoms with E-state index in [0.717, 1.165) is 4.88 Å². The number of aryl methyl sites for hydroxylation is 1. The van der Waals surface area contributed by atoms with E-state index in [9.17, 15) is 9.59 Å². The van der Waals surface area contributed by atoms with Crippen LogP contribution in [0.3, 0.4) is 0 Å². The molecule has 0 saturated heterocycles. The summed E-state index contributed by atoms with van der Waals surface area (Å²) in [4.78, 5) is 29.9. The van der Waals surface area contributed by atoms with Crippen LogP contribution in [0, 0.1) is 6.92 Å². The first-order valence-electron chi connectivity index (χ1n) is 7.31. The molecule has 0 fully saturated rings. The van der Waals surface area contributed by atoms with Gasteiger partial charge in [-0.25, -0.2) is 0 Å². The molecule has 3 rings (SSSR count). The number of amides is 2. The minimum absolute atomic E-state index is 0.152. The highest BCUT2D eigenvalue weighted by molar-refractivity contribution is 7.14. The molecular formula is C18H15N3O2S. The number of benzene rings is 1. The number of nitrogens with zero attached hydrogens (tertiary/aromatic N) is 1. The summed E-state index contributed by atoms with van der Waals surface area (Å²) in [7, 11) is 0. The van der Waals surface area contributed by atoms with E-state index in [1.54, 1.807) is 54.9 Å². The van der Waals surface area contributed by atoms with Crippen molar-refractivity contribution in [2.45, 2.75) is 6.92 Å². The molecule has 0 aliphatic heterocycles. The fourth-order valence-corrected chi connectivity index (χ4v) is 2.86. The summed E-state index contributed by atoms with van der Waals surface area (Å²) in [5.74, 6) is -0.379. The van der Waals surface area contributed by atoms with E-state index in [-0.39, 0.29) is 11.8 Å². The molecule has 0 spiro atoms. The van der Waals surface area contributed by atoms with Gasteiger partial charge in [-0.2, -0.15) is 0 Å². The van der Waals surface area contributed by atoms with Gasteiger partial charge in [-0.15, -0.1) is 11.3 Å². The highest BCUT2D eigenvalue weighted by atomic mass is 32.1. The van der Waals surface area contributed by atoms with Gasteiger partial charge in [0.05, 0.1) is 16.8 Å². The maximum absolute atomic E-state index is 12.1. The number of rotatable bonds is 4. The van der Waals surface area contributed by atoms with Crippen molar-refractivity contribution in [3.05, 3.63) is 76.2 Å². The Morgan fingerprint density at radius 1 is 0.917 bits per heavy atom. The number of hydrogen-bond donors (Lipinski definition) is 2. The van der Waals surface area contributed by atoms with Gasteiger partial charge < -0.3 is 10.6 Å². The second kappa shape index (κ2) is 7.06. The van der Waals surface area contributed by atoms with Crippen molar-refractivity contribution in [3.63, 3.8) is 0 Å². The molecule has 0 atom stereocenters. The number of pyridine rings is 1. The Morgan fingerprint density at radius 2 is 1.67 bits per heavy atom. The van der Waals surface area contributed by atoms with Crippen LogP contribution in [-0.2, 0) is 0 Å². The predicted octanol–water partition coefficient (Wildman–Crippen LogP) is 3.96. The fraction of sp³-hybridized carbons (Fsp3) is 0.0556. The second-order valence-corrected chi connectivity index (χ2v) is 6.43. The van der Waals surface area contributed by atoms with Gasteiger partial charge in [0, 0.05) is 22.3 Å². The molecule has 5 nitrogen and oxygen atoms in total. The molecule has 24 heavy (non-hydrogen) atoms. The Hall–Kier alpha value is -2.99.